The number of amidine groups is 1. The van der Waals surface area contributed by atoms with E-state index in [1.165, 1.54) is 4.90 Å². The van der Waals surface area contributed by atoms with Gasteiger partial charge in [0.1, 0.15) is 5.84 Å². The lowest BCUT2D eigenvalue weighted by Crippen LogP contribution is -2.75. The van der Waals surface area contributed by atoms with E-state index < -0.39 is 48.4 Å². The molecule has 0 saturated carbocycles. The molecule has 2 saturated heterocycles. The fourth-order valence-electron chi connectivity index (χ4n) is 3.09. The third-order valence-electron chi connectivity index (χ3n) is 4.61. The van der Waals surface area contributed by atoms with Crippen molar-refractivity contribution in [3.8, 4) is 0 Å². The van der Waals surface area contributed by atoms with Gasteiger partial charge in [0.25, 0.3) is 11.2 Å². The fourth-order valence-corrected chi connectivity index (χ4v) is 3.09. The van der Waals surface area contributed by atoms with Crippen LogP contribution in [0.5, 0.6) is 0 Å². The molecule has 0 aliphatic carbocycles. The number of nitrogens with one attached hydrogen (secondary N) is 2. The Balaban J connectivity index is 2.65. The lowest BCUT2D eigenvalue weighted by Gasteiger charge is -2.37. The van der Waals surface area contributed by atoms with E-state index in [4.69, 9.17) is 0 Å². The van der Waals surface area contributed by atoms with Gasteiger partial charge in [-0.3, -0.25) is 15.2 Å². The summed E-state index contributed by atoms with van der Waals surface area (Å²) in [5.41, 5.74) is -11.4. The van der Waals surface area contributed by atoms with Crippen molar-refractivity contribution in [2.75, 3.05) is 19.8 Å². The summed E-state index contributed by atoms with van der Waals surface area (Å²) in [5, 5.41) is 0.105. The predicted molar refractivity (Wildman–Crippen MR) is 73.7 cm³/mol. The number of alkyl halides is 12. The van der Waals surface area contributed by atoms with E-state index in [1.54, 1.807) is 0 Å². The molecule has 4 nitrogen and oxygen atoms in total. The van der Waals surface area contributed by atoms with Crippen LogP contribution in [0.1, 0.15) is 19.3 Å². The molecule has 0 aromatic heterocycles. The van der Waals surface area contributed by atoms with Crippen LogP contribution >= 0.6 is 0 Å². The largest absolute Gasteiger partial charge is 0.434 e. The number of rotatable bonds is 2. The van der Waals surface area contributed by atoms with Gasteiger partial charge in [-0.1, -0.05) is 6.42 Å². The van der Waals surface area contributed by atoms with Gasteiger partial charge in [-0.15, -0.1) is 0 Å². The van der Waals surface area contributed by atoms with Crippen LogP contribution in [0.15, 0.2) is 4.99 Å². The zero-order chi connectivity index (χ0) is 22.5. The molecule has 170 valence electrons. The molecule has 0 aromatic rings. The van der Waals surface area contributed by atoms with Crippen molar-refractivity contribution in [1.29, 1.82) is 0 Å². The second-order valence-electron chi connectivity index (χ2n) is 6.57. The first kappa shape index (κ1) is 23.8. The number of piperidine rings is 1. The summed E-state index contributed by atoms with van der Waals surface area (Å²) in [7, 11) is 0. The molecule has 29 heavy (non-hydrogen) atoms. The Hall–Kier alpha value is -1.45. The van der Waals surface area contributed by atoms with Crippen LogP contribution in [-0.4, -0.2) is 66.4 Å². The smallest absolute Gasteiger partial charge is 0.339 e. The first-order valence-corrected chi connectivity index (χ1v) is 8.01. The highest BCUT2D eigenvalue weighted by molar-refractivity contribution is 5.96. The van der Waals surface area contributed by atoms with Crippen molar-refractivity contribution >= 4 is 5.84 Å². The van der Waals surface area contributed by atoms with E-state index in [2.05, 4.69) is 4.99 Å². The minimum absolute atomic E-state index is 0.166. The molecule has 0 unspecified atom stereocenters. The van der Waals surface area contributed by atoms with E-state index in [-0.39, 0.29) is 18.4 Å². The van der Waals surface area contributed by atoms with E-state index in [0.717, 1.165) is 0 Å². The van der Waals surface area contributed by atoms with Crippen molar-refractivity contribution in [2.45, 2.75) is 55.2 Å². The normalized spacial score (nSPS) is 25.3. The number of halogens is 12. The van der Waals surface area contributed by atoms with Crippen LogP contribution < -0.4 is 10.6 Å². The Labute approximate surface area is 155 Å². The summed E-state index contributed by atoms with van der Waals surface area (Å²) in [6.07, 6.45) is -24.8. The molecule has 2 aliphatic heterocycles. The molecular formula is C13H14F12N4. The zero-order valence-electron chi connectivity index (χ0n) is 14.2. The summed E-state index contributed by atoms with van der Waals surface area (Å²) >= 11 is 0. The van der Waals surface area contributed by atoms with Gasteiger partial charge < -0.3 is 5.32 Å². The molecule has 2 aliphatic rings. The highest BCUT2D eigenvalue weighted by Gasteiger charge is 2.87. The number of nitrogens with zero attached hydrogens (tertiary/aromatic N) is 2. The standard InChI is InChI=1S/C13H14F12N4/c14-10(15,16)8(11(17,18)19)7(26-6-29-4-2-1-3-5-29)27-9(28-8,12(20,21)22)13(23,24)25/h28H,1-6H2,(H,26,27). The summed E-state index contributed by atoms with van der Waals surface area (Å²) in [5.74, 6) is -2.54. The van der Waals surface area contributed by atoms with Gasteiger partial charge in [0.2, 0.25) is 0 Å². The van der Waals surface area contributed by atoms with Gasteiger partial charge in [-0.25, -0.2) is 0 Å². The lowest BCUT2D eigenvalue weighted by molar-refractivity contribution is -0.334. The monoisotopic (exact) mass is 454 g/mol. The van der Waals surface area contributed by atoms with Crippen LogP contribution in [0.4, 0.5) is 52.7 Å². The van der Waals surface area contributed by atoms with E-state index in [1.807, 2.05) is 0 Å². The molecule has 2 fully saturated rings. The first-order valence-electron chi connectivity index (χ1n) is 8.01. The van der Waals surface area contributed by atoms with Crippen LogP contribution in [0, 0.1) is 0 Å². The number of hydrogen-bond donors (Lipinski definition) is 2. The molecular weight excluding hydrogens is 440 g/mol. The molecule has 2 N–H and O–H groups in total. The van der Waals surface area contributed by atoms with Gasteiger partial charge >= 0.3 is 24.7 Å². The Morgan fingerprint density at radius 3 is 1.55 bits per heavy atom. The maximum absolute atomic E-state index is 13.4. The molecule has 0 amide bonds. The third-order valence-corrected chi connectivity index (χ3v) is 4.61. The molecule has 0 aromatic carbocycles. The maximum Gasteiger partial charge on any atom is 0.434 e. The van der Waals surface area contributed by atoms with Crippen LogP contribution in [-0.2, 0) is 0 Å². The SMILES string of the molecule is FC(F)(F)C1(C(F)(F)F)NC(=NCN2CCCCC2)C(C(F)(F)F)(C(F)(F)F)N1. The highest BCUT2D eigenvalue weighted by Crippen LogP contribution is 2.53. The molecule has 0 bridgehead atoms. The molecule has 0 atom stereocenters. The summed E-state index contributed by atoms with van der Waals surface area (Å²) in [6, 6.07) is 0. The zero-order valence-corrected chi connectivity index (χ0v) is 14.2. The molecule has 0 spiro atoms. The number of hydrogen-bond acceptors (Lipinski definition) is 3. The molecule has 2 rings (SSSR count). The van der Waals surface area contributed by atoms with Crippen molar-refractivity contribution in [3.63, 3.8) is 0 Å². The fraction of sp³-hybridized carbons (Fsp3) is 0.923. The van der Waals surface area contributed by atoms with Crippen molar-refractivity contribution in [2.24, 2.45) is 4.99 Å². The second kappa shape index (κ2) is 7.06. The highest BCUT2D eigenvalue weighted by atomic mass is 19.4. The topological polar surface area (TPSA) is 39.7 Å². The molecule has 0 radical (unpaired) electrons. The number of likely N-dealkylation sites (tertiary alicyclic amines) is 1. The maximum atomic E-state index is 13.4. The van der Waals surface area contributed by atoms with Crippen LogP contribution in [0.25, 0.3) is 0 Å². The second-order valence-corrected chi connectivity index (χ2v) is 6.57. The lowest BCUT2D eigenvalue weighted by atomic mass is 9.97. The quantitative estimate of drug-likeness (QED) is 0.626. The minimum Gasteiger partial charge on any atom is -0.339 e. The molecule has 2 heterocycles. The van der Waals surface area contributed by atoms with Gasteiger partial charge in [0.05, 0.1) is 6.67 Å². The summed E-state index contributed by atoms with van der Waals surface area (Å²) in [6.45, 7) is -0.610. The van der Waals surface area contributed by atoms with Crippen molar-refractivity contribution < 1.29 is 52.7 Å². The van der Waals surface area contributed by atoms with Gasteiger partial charge in [-0.05, 0) is 25.9 Å². The first-order chi connectivity index (χ1) is 12.9. The Morgan fingerprint density at radius 2 is 1.17 bits per heavy atom. The Morgan fingerprint density at radius 1 is 0.724 bits per heavy atom. The molecule has 16 heteroatoms. The van der Waals surface area contributed by atoms with Crippen LogP contribution in [0.3, 0.4) is 0 Å². The minimum atomic E-state index is -6.63. The van der Waals surface area contributed by atoms with E-state index in [9.17, 15) is 52.7 Å². The van der Waals surface area contributed by atoms with Crippen molar-refractivity contribution in [1.82, 2.24) is 15.5 Å². The van der Waals surface area contributed by atoms with E-state index in [0.29, 0.717) is 24.6 Å². The van der Waals surface area contributed by atoms with Gasteiger partial charge in [-0.2, -0.15) is 52.7 Å². The van der Waals surface area contributed by atoms with Gasteiger partial charge in [0.15, 0.2) is 0 Å². The Bertz CT molecular complexity index is 596. The van der Waals surface area contributed by atoms with Gasteiger partial charge in [0, 0.05) is 0 Å². The summed E-state index contributed by atoms with van der Waals surface area (Å²) < 4.78 is 159. The van der Waals surface area contributed by atoms with E-state index >= 15 is 0 Å². The van der Waals surface area contributed by atoms with Crippen LogP contribution in [0.2, 0.25) is 0 Å². The Kier molecular flexibility index (Phi) is 5.80. The third kappa shape index (κ3) is 3.84. The average molecular weight is 454 g/mol. The predicted octanol–water partition coefficient (Wildman–Crippen LogP) is 3.71. The summed E-state index contributed by atoms with van der Waals surface area (Å²) in [4.78, 5) is 4.10. The van der Waals surface area contributed by atoms with Crippen molar-refractivity contribution in [3.05, 3.63) is 0 Å². The average Bonchev–Trinajstić information content (AvgIpc) is 2.91. The number of aliphatic imine (C=N–C) groups is 1.